The monoisotopic (exact) mass is 363 g/mol. The average molecular weight is 363 g/mol. The number of benzene rings is 2. The highest BCUT2D eigenvalue weighted by molar-refractivity contribution is 5.65. The van der Waals surface area contributed by atoms with Gasteiger partial charge < -0.3 is 16.4 Å². The molecule has 140 valence electrons. The van der Waals surface area contributed by atoms with Crippen molar-refractivity contribution in [2.75, 3.05) is 19.6 Å². The molecule has 2 aliphatic rings. The van der Waals surface area contributed by atoms with Gasteiger partial charge in [0.15, 0.2) is 0 Å². The van der Waals surface area contributed by atoms with E-state index in [9.17, 15) is 13.2 Å². The van der Waals surface area contributed by atoms with Crippen LogP contribution in [-0.4, -0.2) is 31.7 Å². The third-order valence-corrected chi connectivity index (χ3v) is 4.80. The maximum absolute atomic E-state index is 14.7. The molecule has 4 N–H and O–H groups in total. The summed E-state index contributed by atoms with van der Waals surface area (Å²) < 4.78 is 41.9. The summed E-state index contributed by atoms with van der Waals surface area (Å²) >= 11 is 0. The maximum Gasteiger partial charge on any atom is 0.134 e. The van der Waals surface area contributed by atoms with E-state index in [2.05, 4.69) is 10.6 Å². The zero-order valence-corrected chi connectivity index (χ0v) is 14.6. The second-order valence-corrected chi connectivity index (χ2v) is 6.76. The number of nitrogens with two attached hydrogens (primary N) is 1. The van der Waals surface area contributed by atoms with Gasteiger partial charge in [-0.1, -0.05) is 12.1 Å². The highest BCUT2D eigenvalue weighted by Gasteiger charge is 2.25. The average Bonchev–Trinajstić information content (AvgIpc) is 2.94. The van der Waals surface area contributed by atoms with Gasteiger partial charge in [0, 0.05) is 17.6 Å². The molecule has 0 amide bonds. The lowest BCUT2D eigenvalue weighted by Gasteiger charge is -2.17. The van der Waals surface area contributed by atoms with Gasteiger partial charge in [0.05, 0.1) is 0 Å². The largest absolute Gasteiger partial charge is 0.326 e. The summed E-state index contributed by atoms with van der Waals surface area (Å²) in [5, 5.41) is 6.31. The van der Waals surface area contributed by atoms with E-state index >= 15 is 0 Å². The van der Waals surface area contributed by atoms with Gasteiger partial charge in [-0.05, 0) is 74.3 Å². The first kappa shape index (κ1) is 18.9. The minimum Gasteiger partial charge on any atom is -0.326 e. The molecule has 26 heavy (non-hydrogen) atoms. The van der Waals surface area contributed by atoms with E-state index in [-0.39, 0.29) is 23.2 Å². The van der Waals surface area contributed by atoms with Crippen LogP contribution in [0.5, 0.6) is 0 Å². The van der Waals surface area contributed by atoms with Crippen LogP contribution in [0.2, 0.25) is 0 Å². The predicted octanol–water partition coefficient (Wildman–Crippen LogP) is 2.98. The molecular weight excluding hydrogens is 339 g/mol. The van der Waals surface area contributed by atoms with Gasteiger partial charge in [-0.3, -0.25) is 0 Å². The normalized spacial score (nSPS) is 21.7. The van der Waals surface area contributed by atoms with Gasteiger partial charge in [-0.15, -0.1) is 0 Å². The van der Waals surface area contributed by atoms with Crippen molar-refractivity contribution in [3.05, 3.63) is 59.4 Å². The topological polar surface area (TPSA) is 50.1 Å². The summed E-state index contributed by atoms with van der Waals surface area (Å²) in [6, 6.07) is 7.63. The SMILES string of the molecule is C1CNC1.NC1CCNC1Cc1cc(F)cc(-c2cccc(F)c2)c1F. The fourth-order valence-electron chi connectivity index (χ4n) is 3.09. The Kier molecular flexibility index (Phi) is 6.29. The molecule has 0 aromatic heterocycles. The molecule has 2 fully saturated rings. The summed E-state index contributed by atoms with van der Waals surface area (Å²) in [5.74, 6) is -1.54. The van der Waals surface area contributed by atoms with Crippen LogP contribution in [0.1, 0.15) is 18.4 Å². The molecule has 4 rings (SSSR count). The fraction of sp³-hybridized carbons (Fsp3) is 0.400. The Morgan fingerprint density at radius 1 is 1.00 bits per heavy atom. The van der Waals surface area contributed by atoms with Crippen molar-refractivity contribution in [2.24, 2.45) is 5.73 Å². The second-order valence-electron chi connectivity index (χ2n) is 6.76. The van der Waals surface area contributed by atoms with Crippen LogP contribution >= 0.6 is 0 Å². The van der Waals surface area contributed by atoms with Gasteiger partial charge in [0.1, 0.15) is 17.5 Å². The molecule has 2 saturated heterocycles. The quantitative estimate of drug-likeness (QED) is 0.786. The zero-order chi connectivity index (χ0) is 18.5. The molecule has 0 spiro atoms. The van der Waals surface area contributed by atoms with Crippen LogP contribution in [-0.2, 0) is 6.42 Å². The first-order chi connectivity index (χ1) is 12.5. The van der Waals surface area contributed by atoms with Gasteiger partial charge in [-0.2, -0.15) is 0 Å². The third kappa shape index (κ3) is 4.63. The van der Waals surface area contributed by atoms with E-state index in [1.807, 2.05) is 0 Å². The molecule has 3 nitrogen and oxygen atoms in total. The Balaban J connectivity index is 0.000000433. The lowest BCUT2D eigenvalue weighted by atomic mass is 9.96. The Hall–Kier alpha value is -1.89. The van der Waals surface area contributed by atoms with Crippen LogP contribution < -0.4 is 16.4 Å². The second kappa shape index (κ2) is 8.66. The minimum absolute atomic E-state index is 0.0692. The Labute approximate surface area is 151 Å². The van der Waals surface area contributed by atoms with Crippen molar-refractivity contribution in [3.8, 4) is 11.1 Å². The molecule has 0 bridgehead atoms. The van der Waals surface area contributed by atoms with E-state index < -0.39 is 17.5 Å². The van der Waals surface area contributed by atoms with Crippen LogP contribution in [0.4, 0.5) is 13.2 Å². The number of hydrogen-bond acceptors (Lipinski definition) is 3. The Morgan fingerprint density at radius 2 is 1.73 bits per heavy atom. The molecule has 2 aromatic carbocycles. The first-order valence-corrected chi connectivity index (χ1v) is 8.98. The molecule has 6 heteroatoms. The van der Waals surface area contributed by atoms with Crippen molar-refractivity contribution in [3.63, 3.8) is 0 Å². The summed E-state index contributed by atoms with van der Waals surface area (Å²) in [5.41, 5.74) is 6.61. The summed E-state index contributed by atoms with van der Waals surface area (Å²) in [4.78, 5) is 0. The van der Waals surface area contributed by atoms with Crippen molar-refractivity contribution < 1.29 is 13.2 Å². The van der Waals surface area contributed by atoms with E-state index in [0.29, 0.717) is 12.0 Å². The van der Waals surface area contributed by atoms with Gasteiger partial charge in [0.25, 0.3) is 0 Å². The molecule has 2 atom stereocenters. The van der Waals surface area contributed by atoms with Crippen LogP contribution in [0.25, 0.3) is 11.1 Å². The summed E-state index contributed by atoms with van der Waals surface area (Å²) in [7, 11) is 0. The smallest absolute Gasteiger partial charge is 0.134 e. The summed E-state index contributed by atoms with van der Waals surface area (Å²) in [6.07, 6.45) is 2.52. The molecule has 0 radical (unpaired) electrons. The first-order valence-electron chi connectivity index (χ1n) is 8.98. The van der Waals surface area contributed by atoms with Crippen LogP contribution in [0, 0.1) is 17.5 Å². The number of rotatable bonds is 3. The summed E-state index contributed by atoms with van der Waals surface area (Å²) in [6.45, 7) is 3.28. The molecule has 2 heterocycles. The van der Waals surface area contributed by atoms with Gasteiger partial charge in [-0.25, -0.2) is 13.2 Å². The Bertz CT molecular complexity index is 743. The predicted molar refractivity (Wildman–Crippen MR) is 97.3 cm³/mol. The lowest BCUT2D eigenvalue weighted by molar-refractivity contribution is 0.516. The van der Waals surface area contributed by atoms with Crippen molar-refractivity contribution in [1.82, 2.24) is 10.6 Å². The van der Waals surface area contributed by atoms with E-state index in [4.69, 9.17) is 5.73 Å². The number of nitrogens with one attached hydrogen (secondary N) is 2. The lowest BCUT2D eigenvalue weighted by Crippen LogP contribution is -2.38. The highest BCUT2D eigenvalue weighted by atomic mass is 19.1. The zero-order valence-electron chi connectivity index (χ0n) is 14.6. The number of halogens is 3. The highest BCUT2D eigenvalue weighted by Crippen LogP contribution is 2.28. The minimum atomic E-state index is -0.540. The van der Waals surface area contributed by atoms with E-state index in [0.717, 1.165) is 19.0 Å². The molecular formula is C20H24F3N3. The fourth-order valence-corrected chi connectivity index (χ4v) is 3.09. The van der Waals surface area contributed by atoms with Gasteiger partial charge in [0.2, 0.25) is 0 Å². The van der Waals surface area contributed by atoms with Crippen molar-refractivity contribution in [1.29, 1.82) is 0 Å². The van der Waals surface area contributed by atoms with Crippen molar-refractivity contribution >= 4 is 0 Å². The molecule has 0 aliphatic carbocycles. The molecule has 0 saturated carbocycles. The van der Waals surface area contributed by atoms with E-state index in [1.54, 1.807) is 6.07 Å². The van der Waals surface area contributed by atoms with Crippen molar-refractivity contribution in [2.45, 2.75) is 31.3 Å². The molecule has 2 aromatic rings. The number of hydrogen-bond donors (Lipinski definition) is 3. The van der Waals surface area contributed by atoms with Gasteiger partial charge >= 0.3 is 0 Å². The third-order valence-electron chi connectivity index (χ3n) is 4.80. The Morgan fingerprint density at radius 3 is 2.31 bits per heavy atom. The van der Waals surface area contributed by atoms with Crippen LogP contribution in [0.15, 0.2) is 36.4 Å². The standard InChI is InChI=1S/C17H17F3N2.C3H7N/c18-12-3-1-2-10(6-12)14-9-13(19)7-11(17(14)20)8-16-15(21)4-5-22-16;1-2-4-3-1/h1-3,6-7,9,15-16,22H,4-5,8,21H2;4H,1-3H2. The molecule has 2 aliphatic heterocycles. The van der Waals surface area contributed by atoms with Crippen LogP contribution in [0.3, 0.4) is 0 Å². The van der Waals surface area contributed by atoms with E-state index in [1.165, 1.54) is 43.8 Å². The molecule has 2 unspecified atom stereocenters. The maximum atomic E-state index is 14.7.